The molecule has 0 saturated carbocycles. The van der Waals surface area contributed by atoms with Gasteiger partial charge < -0.3 is 10.2 Å². The molecule has 1 atom stereocenters. The SMILES string of the molecule is CN(C)C(=O)NC1CCc2cc(Br)ccc2C1. The highest BCUT2D eigenvalue weighted by Gasteiger charge is 2.20. The van der Waals surface area contributed by atoms with Gasteiger partial charge >= 0.3 is 6.03 Å². The number of nitrogens with zero attached hydrogens (tertiary/aromatic N) is 1. The van der Waals surface area contributed by atoms with Crippen molar-refractivity contribution in [2.75, 3.05) is 14.1 Å². The molecule has 1 aliphatic rings. The molecule has 1 aliphatic carbocycles. The molecule has 1 N–H and O–H groups in total. The van der Waals surface area contributed by atoms with Gasteiger partial charge in [0, 0.05) is 24.6 Å². The van der Waals surface area contributed by atoms with Gasteiger partial charge in [-0.25, -0.2) is 4.79 Å². The Kier molecular flexibility index (Phi) is 3.72. The lowest BCUT2D eigenvalue weighted by atomic mass is 9.88. The Morgan fingerprint density at radius 3 is 2.88 bits per heavy atom. The molecular formula is C13H17BrN2O. The number of aryl methyl sites for hydroxylation is 1. The number of nitrogens with one attached hydrogen (secondary N) is 1. The van der Waals surface area contributed by atoms with E-state index in [9.17, 15) is 4.79 Å². The topological polar surface area (TPSA) is 32.3 Å². The fourth-order valence-corrected chi connectivity index (χ4v) is 2.56. The molecule has 17 heavy (non-hydrogen) atoms. The highest BCUT2D eigenvalue weighted by molar-refractivity contribution is 9.10. The van der Waals surface area contributed by atoms with Gasteiger partial charge in [-0.05, 0) is 42.5 Å². The van der Waals surface area contributed by atoms with Gasteiger partial charge in [0.15, 0.2) is 0 Å². The van der Waals surface area contributed by atoms with E-state index >= 15 is 0 Å². The van der Waals surface area contributed by atoms with Crippen molar-refractivity contribution in [2.45, 2.75) is 25.3 Å². The van der Waals surface area contributed by atoms with E-state index in [1.165, 1.54) is 11.1 Å². The van der Waals surface area contributed by atoms with E-state index in [0.29, 0.717) is 0 Å². The van der Waals surface area contributed by atoms with Gasteiger partial charge in [0.25, 0.3) is 0 Å². The fraction of sp³-hybridized carbons (Fsp3) is 0.462. The van der Waals surface area contributed by atoms with Crippen LogP contribution in [0, 0.1) is 0 Å². The predicted molar refractivity (Wildman–Crippen MR) is 72.2 cm³/mol. The van der Waals surface area contributed by atoms with Gasteiger partial charge in [0.1, 0.15) is 0 Å². The molecule has 0 bridgehead atoms. The van der Waals surface area contributed by atoms with Gasteiger partial charge in [-0.3, -0.25) is 0 Å². The summed E-state index contributed by atoms with van der Waals surface area (Å²) in [4.78, 5) is 13.2. The first-order valence-corrected chi connectivity index (χ1v) is 6.60. The zero-order valence-electron chi connectivity index (χ0n) is 10.2. The third-order valence-corrected chi connectivity index (χ3v) is 3.62. The van der Waals surface area contributed by atoms with Crippen molar-refractivity contribution in [1.29, 1.82) is 0 Å². The zero-order chi connectivity index (χ0) is 12.4. The molecule has 0 spiro atoms. The van der Waals surface area contributed by atoms with E-state index in [1.54, 1.807) is 19.0 Å². The number of hydrogen-bond acceptors (Lipinski definition) is 1. The second-order valence-corrected chi connectivity index (χ2v) is 5.61. The van der Waals surface area contributed by atoms with Crippen LogP contribution < -0.4 is 5.32 Å². The minimum Gasteiger partial charge on any atom is -0.335 e. The molecule has 0 heterocycles. The first-order valence-electron chi connectivity index (χ1n) is 5.81. The van der Waals surface area contributed by atoms with Crippen LogP contribution in [0.15, 0.2) is 22.7 Å². The maximum absolute atomic E-state index is 11.6. The number of amides is 2. The van der Waals surface area contributed by atoms with Crippen molar-refractivity contribution in [3.8, 4) is 0 Å². The molecule has 1 aromatic carbocycles. The molecule has 0 saturated heterocycles. The number of carbonyl (C=O) groups is 1. The lowest BCUT2D eigenvalue weighted by Crippen LogP contribution is -2.43. The maximum atomic E-state index is 11.6. The van der Waals surface area contributed by atoms with Crippen LogP contribution in [0.5, 0.6) is 0 Å². The first kappa shape index (κ1) is 12.4. The summed E-state index contributed by atoms with van der Waals surface area (Å²) in [5.41, 5.74) is 2.75. The Morgan fingerprint density at radius 2 is 2.18 bits per heavy atom. The fourth-order valence-electron chi connectivity index (χ4n) is 2.15. The summed E-state index contributed by atoms with van der Waals surface area (Å²) >= 11 is 3.49. The Balaban J connectivity index is 2.04. The van der Waals surface area contributed by atoms with Crippen molar-refractivity contribution in [1.82, 2.24) is 10.2 Å². The van der Waals surface area contributed by atoms with E-state index in [2.05, 4.69) is 39.4 Å². The molecule has 2 amide bonds. The van der Waals surface area contributed by atoms with Crippen LogP contribution in [0.2, 0.25) is 0 Å². The second kappa shape index (κ2) is 5.08. The standard InChI is InChI=1S/C13H17BrN2O/c1-16(2)13(17)15-12-6-4-9-7-11(14)5-3-10(9)8-12/h3,5,7,12H,4,6,8H2,1-2H3,(H,15,17). The Bertz CT molecular complexity index is 431. The van der Waals surface area contributed by atoms with E-state index in [4.69, 9.17) is 0 Å². The quantitative estimate of drug-likeness (QED) is 0.849. The molecule has 0 aliphatic heterocycles. The maximum Gasteiger partial charge on any atom is 0.317 e. The van der Waals surface area contributed by atoms with Crippen molar-refractivity contribution in [2.24, 2.45) is 0 Å². The number of urea groups is 1. The Hall–Kier alpha value is -1.03. The van der Waals surface area contributed by atoms with Crippen LogP contribution in [-0.4, -0.2) is 31.1 Å². The van der Waals surface area contributed by atoms with Gasteiger partial charge in [-0.15, -0.1) is 0 Å². The van der Waals surface area contributed by atoms with Crippen LogP contribution in [-0.2, 0) is 12.8 Å². The largest absolute Gasteiger partial charge is 0.335 e. The third kappa shape index (κ3) is 3.00. The number of halogens is 1. The monoisotopic (exact) mass is 296 g/mol. The molecule has 0 aromatic heterocycles. The number of carbonyl (C=O) groups excluding carboxylic acids is 1. The van der Waals surface area contributed by atoms with Gasteiger partial charge in [0.2, 0.25) is 0 Å². The average Bonchev–Trinajstić information content (AvgIpc) is 2.29. The molecule has 0 fully saturated rings. The highest BCUT2D eigenvalue weighted by Crippen LogP contribution is 2.24. The van der Waals surface area contributed by atoms with E-state index in [-0.39, 0.29) is 12.1 Å². The van der Waals surface area contributed by atoms with Gasteiger partial charge in [-0.2, -0.15) is 0 Å². The molecule has 1 unspecified atom stereocenters. The summed E-state index contributed by atoms with van der Waals surface area (Å²) in [5.74, 6) is 0. The van der Waals surface area contributed by atoms with Gasteiger partial charge in [0.05, 0.1) is 0 Å². The summed E-state index contributed by atoms with van der Waals surface area (Å²) in [6.07, 6.45) is 2.98. The zero-order valence-corrected chi connectivity index (χ0v) is 11.8. The first-order chi connectivity index (χ1) is 8.06. The number of benzene rings is 1. The lowest BCUT2D eigenvalue weighted by Gasteiger charge is -2.27. The minimum atomic E-state index is -0.00411. The van der Waals surface area contributed by atoms with Crippen LogP contribution in [0.3, 0.4) is 0 Å². The summed E-state index contributed by atoms with van der Waals surface area (Å²) < 4.78 is 1.13. The van der Waals surface area contributed by atoms with E-state index < -0.39 is 0 Å². The summed E-state index contributed by atoms with van der Waals surface area (Å²) in [7, 11) is 3.53. The van der Waals surface area contributed by atoms with Crippen LogP contribution >= 0.6 is 15.9 Å². The Labute approximate surface area is 110 Å². The van der Waals surface area contributed by atoms with Crippen molar-refractivity contribution < 1.29 is 4.79 Å². The molecule has 1 aromatic rings. The molecular weight excluding hydrogens is 280 g/mol. The van der Waals surface area contributed by atoms with Crippen molar-refractivity contribution in [3.05, 3.63) is 33.8 Å². The normalized spacial score (nSPS) is 18.4. The van der Waals surface area contributed by atoms with Crippen molar-refractivity contribution in [3.63, 3.8) is 0 Å². The summed E-state index contributed by atoms with van der Waals surface area (Å²) in [6, 6.07) is 6.65. The molecule has 4 heteroatoms. The molecule has 92 valence electrons. The summed E-state index contributed by atoms with van der Waals surface area (Å²) in [6.45, 7) is 0. The molecule has 3 nitrogen and oxygen atoms in total. The minimum absolute atomic E-state index is 0.00411. The summed E-state index contributed by atoms with van der Waals surface area (Å²) in [5, 5.41) is 3.05. The van der Waals surface area contributed by atoms with Crippen LogP contribution in [0.1, 0.15) is 17.5 Å². The van der Waals surface area contributed by atoms with E-state index in [0.717, 1.165) is 23.7 Å². The molecule has 2 rings (SSSR count). The van der Waals surface area contributed by atoms with Crippen LogP contribution in [0.4, 0.5) is 4.79 Å². The average molecular weight is 297 g/mol. The number of fused-ring (bicyclic) bond motifs is 1. The van der Waals surface area contributed by atoms with E-state index in [1.807, 2.05) is 0 Å². The lowest BCUT2D eigenvalue weighted by molar-refractivity contribution is 0.211. The second-order valence-electron chi connectivity index (χ2n) is 4.70. The highest BCUT2D eigenvalue weighted by atomic mass is 79.9. The Morgan fingerprint density at radius 1 is 1.41 bits per heavy atom. The van der Waals surface area contributed by atoms with Crippen molar-refractivity contribution >= 4 is 22.0 Å². The number of hydrogen-bond donors (Lipinski definition) is 1. The molecule has 0 radical (unpaired) electrons. The third-order valence-electron chi connectivity index (χ3n) is 3.13. The smallest absolute Gasteiger partial charge is 0.317 e. The number of rotatable bonds is 1. The van der Waals surface area contributed by atoms with Gasteiger partial charge in [-0.1, -0.05) is 22.0 Å². The predicted octanol–water partition coefficient (Wildman–Crippen LogP) is 2.58. The van der Waals surface area contributed by atoms with Crippen LogP contribution in [0.25, 0.3) is 0 Å².